The molecule has 80 valence electrons. The summed E-state index contributed by atoms with van der Waals surface area (Å²) in [6.45, 7) is 2.27. The van der Waals surface area contributed by atoms with Crippen LogP contribution in [0.2, 0.25) is 0 Å². The molecule has 0 saturated carbocycles. The van der Waals surface area contributed by atoms with Crippen molar-refractivity contribution in [3.63, 3.8) is 0 Å². The Morgan fingerprint density at radius 2 is 1.00 bits per heavy atom. The quantitative estimate of drug-likeness (QED) is 0.307. The third-order valence-electron chi connectivity index (χ3n) is 2.50. The zero-order valence-electron chi connectivity index (χ0n) is 10.2. The van der Waals surface area contributed by atoms with Crippen molar-refractivity contribution >= 4 is 12.6 Å². The van der Waals surface area contributed by atoms with Gasteiger partial charge in [-0.2, -0.15) is 5.75 Å². The SMILES string of the molecule is CCCCCCCCCCCC[S-].[Na+]. The van der Waals surface area contributed by atoms with Gasteiger partial charge in [0.1, 0.15) is 0 Å². The number of hydrogen-bond acceptors (Lipinski definition) is 1. The molecule has 0 aliphatic carbocycles. The largest absolute Gasteiger partial charge is 1.00 e. The molecule has 0 unspecified atom stereocenters. The van der Waals surface area contributed by atoms with Crippen molar-refractivity contribution in [1.29, 1.82) is 0 Å². The standard InChI is InChI=1S/C12H26S.Na/c1-2-3-4-5-6-7-8-9-10-11-12-13;/h13H,2-12H2,1H3;/q;+1/p-1. The summed E-state index contributed by atoms with van der Waals surface area (Å²) in [6.07, 6.45) is 14.0. The van der Waals surface area contributed by atoms with Crippen LogP contribution in [0.4, 0.5) is 0 Å². The summed E-state index contributed by atoms with van der Waals surface area (Å²) in [4.78, 5) is 0. The van der Waals surface area contributed by atoms with E-state index in [0.29, 0.717) is 0 Å². The van der Waals surface area contributed by atoms with Gasteiger partial charge in [0.15, 0.2) is 0 Å². The van der Waals surface area contributed by atoms with Gasteiger partial charge in [0.05, 0.1) is 0 Å². The summed E-state index contributed by atoms with van der Waals surface area (Å²) < 4.78 is 0. The van der Waals surface area contributed by atoms with Crippen molar-refractivity contribution in [3.8, 4) is 0 Å². The predicted octanol–water partition coefficient (Wildman–Crippen LogP) is 1.46. The molecule has 0 spiro atoms. The Kier molecular flexibility index (Phi) is 21.2. The molecule has 0 atom stereocenters. The zero-order chi connectivity index (χ0) is 9.78. The molecule has 0 aromatic rings. The van der Waals surface area contributed by atoms with E-state index in [9.17, 15) is 0 Å². The molecule has 2 heteroatoms. The van der Waals surface area contributed by atoms with Gasteiger partial charge in [0.2, 0.25) is 0 Å². The Hall–Kier alpha value is 1.35. The van der Waals surface area contributed by atoms with Crippen LogP contribution < -0.4 is 29.6 Å². The second-order valence-corrected chi connectivity index (χ2v) is 4.29. The fraction of sp³-hybridized carbons (Fsp3) is 1.00. The van der Waals surface area contributed by atoms with E-state index in [2.05, 4.69) is 6.92 Å². The number of hydrogen-bond donors (Lipinski definition) is 0. The van der Waals surface area contributed by atoms with Gasteiger partial charge in [0, 0.05) is 0 Å². The number of unbranched alkanes of at least 4 members (excludes halogenated alkanes) is 9. The normalized spacial score (nSPS) is 9.86. The van der Waals surface area contributed by atoms with E-state index < -0.39 is 0 Å². The van der Waals surface area contributed by atoms with Gasteiger partial charge in [-0.3, -0.25) is 0 Å². The zero-order valence-corrected chi connectivity index (χ0v) is 13.0. The van der Waals surface area contributed by atoms with E-state index in [1.54, 1.807) is 0 Å². The van der Waals surface area contributed by atoms with E-state index >= 15 is 0 Å². The van der Waals surface area contributed by atoms with E-state index in [1.807, 2.05) is 0 Å². The van der Waals surface area contributed by atoms with Crippen LogP contribution in [-0.2, 0) is 12.6 Å². The molecule has 0 rings (SSSR count). The molecule has 0 nitrogen and oxygen atoms in total. The minimum atomic E-state index is 0. The molecule has 0 fully saturated rings. The van der Waals surface area contributed by atoms with Crippen LogP contribution >= 0.6 is 0 Å². The van der Waals surface area contributed by atoms with Crippen LogP contribution in [-0.4, -0.2) is 5.75 Å². The first kappa shape index (κ1) is 17.7. The first-order valence-corrected chi connectivity index (χ1v) is 6.57. The van der Waals surface area contributed by atoms with Gasteiger partial charge in [-0.15, -0.1) is 0 Å². The molecule has 0 heterocycles. The molecule has 0 bridgehead atoms. The second kappa shape index (κ2) is 16.8. The summed E-state index contributed by atoms with van der Waals surface area (Å²) >= 11 is 4.90. The van der Waals surface area contributed by atoms with Crippen molar-refractivity contribution in [2.24, 2.45) is 0 Å². The van der Waals surface area contributed by atoms with E-state index in [1.165, 1.54) is 64.2 Å². The van der Waals surface area contributed by atoms with Crippen LogP contribution in [0.5, 0.6) is 0 Å². The van der Waals surface area contributed by atoms with Gasteiger partial charge in [-0.05, 0) is 0 Å². The van der Waals surface area contributed by atoms with Gasteiger partial charge in [0.25, 0.3) is 0 Å². The third kappa shape index (κ3) is 15.8. The van der Waals surface area contributed by atoms with Crippen molar-refractivity contribution in [1.82, 2.24) is 0 Å². The Labute approximate surface area is 118 Å². The van der Waals surface area contributed by atoms with Crippen LogP contribution in [0.3, 0.4) is 0 Å². The molecule has 0 aliphatic rings. The molecule has 0 aromatic carbocycles. The summed E-state index contributed by atoms with van der Waals surface area (Å²) in [5, 5.41) is 0. The van der Waals surface area contributed by atoms with Gasteiger partial charge >= 0.3 is 29.6 Å². The average molecular weight is 224 g/mol. The maximum atomic E-state index is 4.90. The summed E-state index contributed by atoms with van der Waals surface area (Å²) in [6, 6.07) is 0. The van der Waals surface area contributed by atoms with E-state index in [4.69, 9.17) is 12.6 Å². The fourth-order valence-electron chi connectivity index (χ4n) is 1.59. The minimum Gasteiger partial charge on any atom is -0.793 e. The topological polar surface area (TPSA) is 0 Å². The Morgan fingerprint density at radius 3 is 1.36 bits per heavy atom. The van der Waals surface area contributed by atoms with Crippen molar-refractivity contribution in [3.05, 3.63) is 0 Å². The first-order valence-electron chi connectivity index (χ1n) is 6.00. The molecule has 0 saturated heterocycles. The second-order valence-electron chi connectivity index (χ2n) is 3.89. The molecular formula is C12H25NaS. The van der Waals surface area contributed by atoms with Gasteiger partial charge in [-0.1, -0.05) is 71.1 Å². The van der Waals surface area contributed by atoms with Crippen molar-refractivity contribution in [2.45, 2.75) is 71.1 Å². The van der Waals surface area contributed by atoms with Crippen molar-refractivity contribution in [2.75, 3.05) is 5.75 Å². The predicted molar refractivity (Wildman–Crippen MR) is 64.1 cm³/mol. The van der Waals surface area contributed by atoms with Crippen LogP contribution in [0, 0.1) is 0 Å². The Balaban J connectivity index is 0. The molecule has 0 radical (unpaired) electrons. The van der Waals surface area contributed by atoms with Crippen molar-refractivity contribution < 1.29 is 29.6 Å². The molecule has 0 aromatic heterocycles. The number of rotatable bonds is 10. The van der Waals surface area contributed by atoms with Gasteiger partial charge in [-0.25, -0.2) is 0 Å². The van der Waals surface area contributed by atoms with Crippen LogP contribution in [0.1, 0.15) is 71.1 Å². The third-order valence-corrected chi connectivity index (χ3v) is 2.79. The summed E-state index contributed by atoms with van der Waals surface area (Å²) in [5.74, 6) is 0.955. The maximum absolute atomic E-state index is 4.90. The van der Waals surface area contributed by atoms with Crippen LogP contribution in [0.15, 0.2) is 0 Å². The van der Waals surface area contributed by atoms with E-state index in [0.717, 1.165) is 5.75 Å². The Bertz CT molecular complexity index is 76.4. The van der Waals surface area contributed by atoms with E-state index in [-0.39, 0.29) is 29.6 Å². The first-order chi connectivity index (χ1) is 6.41. The molecule has 0 amide bonds. The van der Waals surface area contributed by atoms with Gasteiger partial charge < -0.3 is 12.6 Å². The molecular weight excluding hydrogens is 199 g/mol. The summed E-state index contributed by atoms with van der Waals surface area (Å²) in [7, 11) is 0. The molecule has 0 N–H and O–H groups in total. The smallest absolute Gasteiger partial charge is 0.793 e. The maximum Gasteiger partial charge on any atom is 1.00 e. The monoisotopic (exact) mass is 224 g/mol. The minimum absolute atomic E-state index is 0. The summed E-state index contributed by atoms with van der Waals surface area (Å²) in [5.41, 5.74) is 0. The fourth-order valence-corrected chi connectivity index (χ4v) is 1.79. The molecule has 14 heavy (non-hydrogen) atoms. The Morgan fingerprint density at radius 1 is 0.643 bits per heavy atom. The average Bonchev–Trinajstić information content (AvgIpc) is 2.16. The van der Waals surface area contributed by atoms with Crippen LogP contribution in [0.25, 0.3) is 0 Å². The molecule has 0 aliphatic heterocycles.